The lowest BCUT2D eigenvalue weighted by Gasteiger charge is -2.12. The molecule has 0 aliphatic carbocycles. The molecule has 1 atom stereocenters. The summed E-state index contributed by atoms with van der Waals surface area (Å²) in [7, 11) is 0. The van der Waals surface area contributed by atoms with Gasteiger partial charge in [-0.2, -0.15) is 0 Å². The van der Waals surface area contributed by atoms with E-state index in [0.717, 1.165) is 0 Å². The third kappa shape index (κ3) is 5.82. The monoisotopic (exact) mass is 413 g/mol. The van der Waals surface area contributed by atoms with Crippen LogP contribution in [-0.4, -0.2) is 22.6 Å². The molecule has 7 nitrogen and oxygen atoms in total. The Labute approximate surface area is 165 Å². The van der Waals surface area contributed by atoms with Crippen LogP contribution in [0.1, 0.15) is 30.6 Å². The first-order valence-electron chi connectivity index (χ1n) is 8.00. The molecule has 2 rings (SSSR count). The number of aliphatic hydroxyl groups is 1. The van der Waals surface area contributed by atoms with Crippen molar-refractivity contribution in [2.75, 3.05) is 6.61 Å². The molecular formula is C18H17Cl2NO6. The molecule has 0 saturated carbocycles. The van der Waals surface area contributed by atoms with Gasteiger partial charge in [-0.05, 0) is 36.2 Å². The lowest BCUT2D eigenvalue weighted by molar-refractivity contribution is -0.386. The van der Waals surface area contributed by atoms with Crippen molar-refractivity contribution in [3.63, 3.8) is 0 Å². The number of aliphatic hydroxyl groups excluding tert-OH is 1. The predicted octanol–water partition coefficient (Wildman–Crippen LogP) is 4.47. The summed E-state index contributed by atoms with van der Waals surface area (Å²) < 4.78 is 10.3. The molecule has 0 spiro atoms. The number of esters is 1. The van der Waals surface area contributed by atoms with Crippen molar-refractivity contribution in [3.8, 4) is 5.75 Å². The average Bonchev–Trinajstić information content (AvgIpc) is 2.62. The van der Waals surface area contributed by atoms with Crippen LogP contribution in [-0.2, 0) is 16.1 Å². The van der Waals surface area contributed by atoms with E-state index < -0.39 is 17.0 Å². The molecule has 0 unspecified atom stereocenters. The van der Waals surface area contributed by atoms with Gasteiger partial charge in [-0.15, -0.1) is 0 Å². The third-order valence-electron chi connectivity index (χ3n) is 3.61. The summed E-state index contributed by atoms with van der Waals surface area (Å²) in [5, 5.41) is 22.2. The lowest BCUT2D eigenvalue weighted by atomic mass is 10.1. The molecule has 27 heavy (non-hydrogen) atoms. The fraction of sp³-hybridized carbons (Fsp3) is 0.278. The molecule has 0 heterocycles. The van der Waals surface area contributed by atoms with Crippen molar-refractivity contribution in [2.45, 2.75) is 26.1 Å². The topological polar surface area (TPSA) is 98.9 Å². The zero-order valence-electron chi connectivity index (χ0n) is 14.4. The minimum Gasteiger partial charge on any atom is -0.482 e. The molecule has 0 aliphatic heterocycles. The fourth-order valence-electron chi connectivity index (χ4n) is 2.29. The van der Waals surface area contributed by atoms with E-state index in [1.807, 2.05) is 0 Å². The van der Waals surface area contributed by atoms with Crippen LogP contribution < -0.4 is 4.74 Å². The second-order valence-electron chi connectivity index (χ2n) is 5.55. The molecule has 0 amide bonds. The molecule has 1 N–H and O–H groups in total. The van der Waals surface area contributed by atoms with Gasteiger partial charge in [0.25, 0.3) is 0 Å². The zero-order valence-corrected chi connectivity index (χ0v) is 15.9. The average molecular weight is 414 g/mol. The highest BCUT2D eigenvalue weighted by molar-refractivity contribution is 6.42. The van der Waals surface area contributed by atoms with Crippen LogP contribution in [0.5, 0.6) is 5.75 Å². The van der Waals surface area contributed by atoms with Crippen LogP contribution in [0.25, 0.3) is 0 Å². The van der Waals surface area contributed by atoms with Crippen LogP contribution in [0.3, 0.4) is 0 Å². The molecule has 9 heteroatoms. The largest absolute Gasteiger partial charge is 0.482 e. The Hall–Kier alpha value is -2.35. The highest BCUT2D eigenvalue weighted by atomic mass is 35.5. The summed E-state index contributed by atoms with van der Waals surface area (Å²) in [5.74, 6) is -0.564. The summed E-state index contributed by atoms with van der Waals surface area (Å²) in [6.07, 6.45) is -1.51. The van der Waals surface area contributed by atoms with E-state index in [9.17, 15) is 20.0 Å². The van der Waals surface area contributed by atoms with Gasteiger partial charge in [0.05, 0.1) is 34.1 Å². The van der Waals surface area contributed by atoms with Gasteiger partial charge in [-0.1, -0.05) is 35.3 Å². The van der Waals surface area contributed by atoms with Crippen LogP contribution >= 0.6 is 23.2 Å². The van der Waals surface area contributed by atoms with Crippen molar-refractivity contribution in [1.82, 2.24) is 0 Å². The molecule has 0 aliphatic rings. The maximum atomic E-state index is 11.5. The maximum Gasteiger partial charge on any atom is 0.311 e. The summed E-state index contributed by atoms with van der Waals surface area (Å²) in [5.41, 5.74) is 0.581. The number of nitrogens with zero attached hydrogens (tertiary/aromatic N) is 1. The fourth-order valence-corrected chi connectivity index (χ4v) is 2.61. The van der Waals surface area contributed by atoms with Gasteiger partial charge in [-0.25, -0.2) is 0 Å². The normalized spacial score (nSPS) is 11.7. The molecule has 0 saturated heterocycles. The Morgan fingerprint density at radius 1 is 1.22 bits per heavy atom. The Balaban J connectivity index is 2.16. The van der Waals surface area contributed by atoms with E-state index in [1.165, 1.54) is 18.2 Å². The van der Waals surface area contributed by atoms with Gasteiger partial charge < -0.3 is 14.6 Å². The van der Waals surface area contributed by atoms with Gasteiger partial charge >= 0.3 is 11.7 Å². The SMILES string of the molecule is CCOC(=O)C[C@@H](O)c1ccc(OCc2ccc(Cl)c(Cl)c2)c([N+](=O)[O-])c1. The first-order valence-corrected chi connectivity index (χ1v) is 8.76. The summed E-state index contributed by atoms with van der Waals surface area (Å²) >= 11 is 11.8. The Bertz CT molecular complexity index is 843. The number of carbonyl (C=O) groups excluding carboxylic acids is 1. The smallest absolute Gasteiger partial charge is 0.311 e. The number of hydrogen-bond donors (Lipinski definition) is 1. The first kappa shape index (κ1) is 21.0. The Morgan fingerprint density at radius 2 is 1.96 bits per heavy atom. The second-order valence-corrected chi connectivity index (χ2v) is 6.36. The van der Waals surface area contributed by atoms with E-state index in [-0.39, 0.29) is 36.6 Å². The highest BCUT2D eigenvalue weighted by Gasteiger charge is 2.21. The van der Waals surface area contributed by atoms with Crippen molar-refractivity contribution >= 4 is 34.9 Å². The minimum absolute atomic E-state index is 0.0261. The van der Waals surface area contributed by atoms with Crippen molar-refractivity contribution in [1.29, 1.82) is 0 Å². The van der Waals surface area contributed by atoms with Crippen molar-refractivity contribution < 1.29 is 24.3 Å². The number of rotatable bonds is 8. The number of halogens is 2. The standard InChI is InChI=1S/C18H17Cl2NO6/c1-2-26-18(23)9-16(22)12-4-6-17(15(8-12)21(24)25)27-10-11-3-5-13(19)14(20)7-11/h3-8,16,22H,2,9-10H2,1H3/t16-/m1/s1. The van der Waals surface area contributed by atoms with Crippen molar-refractivity contribution in [3.05, 3.63) is 67.7 Å². The number of carbonyl (C=O) groups is 1. The van der Waals surface area contributed by atoms with E-state index >= 15 is 0 Å². The van der Waals surface area contributed by atoms with Crippen LogP contribution in [0, 0.1) is 10.1 Å². The molecular weight excluding hydrogens is 397 g/mol. The molecule has 0 aromatic heterocycles. The molecule has 2 aromatic rings. The number of benzene rings is 2. The molecule has 0 bridgehead atoms. The number of hydrogen-bond acceptors (Lipinski definition) is 6. The van der Waals surface area contributed by atoms with Gasteiger partial charge in [0.2, 0.25) is 0 Å². The first-order chi connectivity index (χ1) is 12.8. The number of ether oxygens (including phenoxy) is 2. The maximum absolute atomic E-state index is 11.5. The highest BCUT2D eigenvalue weighted by Crippen LogP contribution is 2.32. The molecule has 144 valence electrons. The Morgan fingerprint density at radius 3 is 2.59 bits per heavy atom. The number of nitro groups is 1. The third-order valence-corrected chi connectivity index (χ3v) is 4.35. The second kappa shape index (κ2) is 9.55. The lowest BCUT2D eigenvalue weighted by Crippen LogP contribution is -2.10. The zero-order chi connectivity index (χ0) is 20.0. The van der Waals surface area contributed by atoms with Gasteiger partial charge in [0, 0.05) is 6.07 Å². The minimum atomic E-state index is -1.22. The van der Waals surface area contributed by atoms with Crippen LogP contribution in [0.2, 0.25) is 10.0 Å². The summed E-state index contributed by atoms with van der Waals surface area (Å²) in [6.45, 7) is 1.88. The van der Waals surface area contributed by atoms with E-state index in [2.05, 4.69) is 0 Å². The molecule has 0 radical (unpaired) electrons. The quantitative estimate of drug-likeness (QED) is 0.389. The summed E-state index contributed by atoms with van der Waals surface area (Å²) in [4.78, 5) is 22.2. The van der Waals surface area contributed by atoms with Gasteiger partial charge in [-0.3, -0.25) is 14.9 Å². The molecule has 2 aromatic carbocycles. The Kier molecular flexibility index (Phi) is 7.41. The van der Waals surface area contributed by atoms with E-state index in [0.29, 0.717) is 15.6 Å². The van der Waals surface area contributed by atoms with Crippen LogP contribution in [0.15, 0.2) is 36.4 Å². The van der Waals surface area contributed by atoms with Gasteiger partial charge in [0.1, 0.15) is 6.61 Å². The summed E-state index contributed by atoms with van der Waals surface area (Å²) in [6, 6.07) is 8.91. The number of nitro benzene ring substituents is 1. The molecule has 0 fully saturated rings. The predicted molar refractivity (Wildman–Crippen MR) is 100 cm³/mol. The van der Waals surface area contributed by atoms with Gasteiger partial charge in [0.15, 0.2) is 5.75 Å². The van der Waals surface area contributed by atoms with E-state index in [1.54, 1.807) is 25.1 Å². The van der Waals surface area contributed by atoms with E-state index in [4.69, 9.17) is 32.7 Å². The van der Waals surface area contributed by atoms with Crippen molar-refractivity contribution in [2.24, 2.45) is 0 Å². The van der Waals surface area contributed by atoms with Crippen LogP contribution in [0.4, 0.5) is 5.69 Å².